The zero-order chi connectivity index (χ0) is 12.7. The second kappa shape index (κ2) is 4.07. The number of aliphatic hydroxyl groups is 1. The fourth-order valence-corrected chi connectivity index (χ4v) is 2.81. The van der Waals surface area contributed by atoms with Crippen molar-refractivity contribution < 1.29 is 5.11 Å². The highest BCUT2D eigenvalue weighted by Crippen LogP contribution is 2.51. The zero-order valence-corrected chi connectivity index (χ0v) is 10.9. The van der Waals surface area contributed by atoms with Gasteiger partial charge < -0.3 is 10.8 Å². The first-order valence-electron chi connectivity index (χ1n) is 6.25. The van der Waals surface area contributed by atoms with E-state index < -0.39 is 0 Å². The number of hydrogen-bond donors (Lipinski definition) is 2. The van der Waals surface area contributed by atoms with Crippen molar-refractivity contribution in [2.45, 2.75) is 45.1 Å². The van der Waals surface area contributed by atoms with Crippen LogP contribution in [0, 0.1) is 5.41 Å². The van der Waals surface area contributed by atoms with Crippen molar-refractivity contribution in [3.63, 3.8) is 0 Å². The molecule has 17 heavy (non-hydrogen) atoms. The zero-order valence-electron chi connectivity index (χ0n) is 10.9. The molecule has 0 amide bonds. The molecule has 0 bridgehead atoms. The predicted molar refractivity (Wildman–Crippen MR) is 68.6 cm³/mol. The summed E-state index contributed by atoms with van der Waals surface area (Å²) in [4.78, 5) is 4.49. The first kappa shape index (κ1) is 12.5. The Labute approximate surface area is 103 Å². The van der Waals surface area contributed by atoms with E-state index in [1.54, 1.807) is 0 Å². The van der Waals surface area contributed by atoms with Crippen LogP contribution in [0.15, 0.2) is 18.3 Å². The highest BCUT2D eigenvalue weighted by atomic mass is 16.3. The monoisotopic (exact) mass is 234 g/mol. The Morgan fingerprint density at radius 2 is 2.06 bits per heavy atom. The van der Waals surface area contributed by atoms with Crippen molar-refractivity contribution >= 4 is 0 Å². The third-order valence-corrected chi connectivity index (χ3v) is 3.83. The van der Waals surface area contributed by atoms with Crippen LogP contribution in [0.4, 0.5) is 0 Å². The van der Waals surface area contributed by atoms with Gasteiger partial charge in [0.25, 0.3) is 0 Å². The van der Waals surface area contributed by atoms with Crippen molar-refractivity contribution in [1.29, 1.82) is 0 Å². The summed E-state index contributed by atoms with van der Waals surface area (Å²) in [6.45, 7) is 6.58. The van der Waals surface area contributed by atoms with Gasteiger partial charge in [-0.2, -0.15) is 0 Å². The molecule has 0 saturated heterocycles. The molecule has 1 fully saturated rings. The van der Waals surface area contributed by atoms with E-state index in [1.165, 1.54) is 5.56 Å². The van der Waals surface area contributed by atoms with Gasteiger partial charge >= 0.3 is 0 Å². The molecular formula is C14H22N2O. The molecule has 1 aliphatic carbocycles. The summed E-state index contributed by atoms with van der Waals surface area (Å²) >= 11 is 0. The minimum atomic E-state index is -0.340. The number of nitrogens with zero attached hydrogens (tertiary/aromatic N) is 1. The quantitative estimate of drug-likeness (QED) is 0.842. The summed E-state index contributed by atoms with van der Waals surface area (Å²) < 4.78 is 0. The van der Waals surface area contributed by atoms with Crippen molar-refractivity contribution in [3.8, 4) is 0 Å². The third kappa shape index (κ3) is 2.22. The maximum Gasteiger partial charge on any atom is 0.0603 e. The van der Waals surface area contributed by atoms with Gasteiger partial charge in [0.15, 0.2) is 0 Å². The lowest BCUT2D eigenvalue weighted by Crippen LogP contribution is -2.56. The largest absolute Gasteiger partial charge is 0.396 e. The topological polar surface area (TPSA) is 59.1 Å². The summed E-state index contributed by atoms with van der Waals surface area (Å²) in [6.07, 6.45) is 3.54. The Morgan fingerprint density at radius 1 is 1.41 bits per heavy atom. The van der Waals surface area contributed by atoms with Crippen LogP contribution in [0.3, 0.4) is 0 Å². The first-order valence-corrected chi connectivity index (χ1v) is 6.25. The lowest BCUT2D eigenvalue weighted by atomic mass is 9.58. The Balaban J connectivity index is 2.14. The molecule has 0 atom stereocenters. The van der Waals surface area contributed by atoms with Crippen molar-refractivity contribution in [2.24, 2.45) is 11.1 Å². The van der Waals surface area contributed by atoms with Crippen LogP contribution in [0.1, 0.15) is 50.8 Å². The van der Waals surface area contributed by atoms with E-state index in [4.69, 9.17) is 5.73 Å². The van der Waals surface area contributed by atoms with E-state index in [1.807, 2.05) is 12.3 Å². The van der Waals surface area contributed by atoms with Gasteiger partial charge in [-0.1, -0.05) is 26.8 Å². The van der Waals surface area contributed by atoms with Crippen LogP contribution in [0.25, 0.3) is 0 Å². The second-order valence-electron chi connectivity index (χ2n) is 6.11. The number of rotatable bonds is 3. The van der Waals surface area contributed by atoms with E-state index >= 15 is 0 Å². The third-order valence-electron chi connectivity index (χ3n) is 3.83. The summed E-state index contributed by atoms with van der Waals surface area (Å²) in [6, 6.07) is 4.14. The van der Waals surface area contributed by atoms with Crippen LogP contribution >= 0.6 is 0 Å². The molecule has 2 rings (SSSR count). The van der Waals surface area contributed by atoms with E-state index in [2.05, 4.69) is 31.8 Å². The SMILES string of the molecule is CC(C)c1ccc(C2(N)CC(C)(CO)C2)nc1. The fourth-order valence-electron chi connectivity index (χ4n) is 2.81. The normalized spacial score (nSPS) is 32.6. The average molecular weight is 234 g/mol. The van der Waals surface area contributed by atoms with Crippen molar-refractivity contribution in [1.82, 2.24) is 4.98 Å². The van der Waals surface area contributed by atoms with Crippen LogP contribution in [-0.4, -0.2) is 16.7 Å². The van der Waals surface area contributed by atoms with Gasteiger partial charge in [0, 0.05) is 12.8 Å². The minimum absolute atomic E-state index is 0.0207. The molecule has 0 aliphatic heterocycles. The average Bonchev–Trinajstić information content (AvgIpc) is 2.27. The van der Waals surface area contributed by atoms with E-state index in [0.717, 1.165) is 18.5 Å². The van der Waals surface area contributed by atoms with Gasteiger partial charge in [-0.15, -0.1) is 0 Å². The Bertz CT molecular complexity index is 391. The van der Waals surface area contributed by atoms with Crippen molar-refractivity contribution in [3.05, 3.63) is 29.6 Å². The van der Waals surface area contributed by atoms with Gasteiger partial charge in [-0.25, -0.2) is 0 Å². The first-order chi connectivity index (χ1) is 7.88. The van der Waals surface area contributed by atoms with Gasteiger partial charge in [0.05, 0.1) is 11.2 Å². The maximum absolute atomic E-state index is 9.27. The summed E-state index contributed by atoms with van der Waals surface area (Å²) in [5, 5.41) is 9.27. The molecule has 1 aromatic rings. The van der Waals surface area contributed by atoms with Crippen molar-refractivity contribution in [2.75, 3.05) is 6.61 Å². The summed E-state index contributed by atoms with van der Waals surface area (Å²) in [5.74, 6) is 0.495. The lowest BCUT2D eigenvalue weighted by molar-refractivity contribution is -0.0125. The van der Waals surface area contributed by atoms with Crippen LogP contribution in [0.2, 0.25) is 0 Å². The second-order valence-corrected chi connectivity index (χ2v) is 6.11. The number of hydrogen-bond acceptors (Lipinski definition) is 3. The predicted octanol–water partition coefficient (Wildman–Crippen LogP) is 2.15. The van der Waals surface area contributed by atoms with E-state index in [0.29, 0.717) is 5.92 Å². The molecule has 94 valence electrons. The summed E-state index contributed by atoms with van der Waals surface area (Å²) in [5.41, 5.74) is 8.16. The highest BCUT2D eigenvalue weighted by molar-refractivity contribution is 5.26. The Kier molecular flexibility index (Phi) is 3.00. The fraction of sp³-hybridized carbons (Fsp3) is 0.643. The van der Waals surface area contributed by atoms with Gasteiger partial charge in [0.2, 0.25) is 0 Å². The standard InChI is InChI=1S/C14H22N2O/c1-10(2)11-4-5-12(16-6-11)14(15)7-13(3,8-14)9-17/h4-6,10,17H,7-9,15H2,1-3H3. The number of nitrogens with two attached hydrogens (primary N) is 1. The highest BCUT2D eigenvalue weighted by Gasteiger charge is 2.50. The van der Waals surface area contributed by atoms with Gasteiger partial charge in [-0.05, 0) is 35.8 Å². The molecule has 1 saturated carbocycles. The molecule has 1 aliphatic rings. The van der Waals surface area contributed by atoms with Crippen LogP contribution in [0.5, 0.6) is 0 Å². The maximum atomic E-state index is 9.27. The molecule has 0 spiro atoms. The minimum Gasteiger partial charge on any atom is -0.396 e. The van der Waals surface area contributed by atoms with Gasteiger partial charge in [-0.3, -0.25) is 4.98 Å². The van der Waals surface area contributed by atoms with Crippen LogP contribution in [-0.2, 0) is 5.54 Å². The number of aliphatic hydroxyl groups excluding tert-OH is 1. The smallest absolute Gasteiger partial charge is 0.0603 e. The van der Waals surface area contributed by atoms with E-state index in [9.17, 15) is 5.11 Å². The molecular weight excluding hydrogens is 212 g/mol. The number of aromatic nitrogens is 1. The molecule has 3 N–H and O–H groups in total. The number of pyridine rings is 1. The molecule has 0 unspecified atom stereocenters. The molecule has 1 aromatic heterocycles. The molecule has 1 heterocycles. The Morgan fingerprint density at radius 3 is 2.47 bits per heavy atom. The molecule has 3 nitrogen and oxygen atoms in total. The summed E-state index contributed by atoms with van der Waals surface area (Å²) in [7, 11) is 0. The van der Waals surface area contributed by atoms with Gasteiger partial charge in [0.1, 0.15) is 0 Å². The van der Waals surface area contributed by atoms with Crippen LogP contribution < -0.4 is 5.73 Å². The molecule has 3 heteroatoms. The lowest BCUT2D eigenvalue weighted by Gasteiger charge is -2.51. The molecule has 0 aromatic carbocycles. The van der Waals surface area contributed by atoms with E-state index in [-0.39, 0.29) is 17.6 Å². The Hall–Kier alpha value is -0.930. The molecule has 0 radical (unpaired) electrons.